The van der Waals surface area contributed by atoms with E-state index in [0.29, 0.717) is 6.42 Å². The summed E-state index contributed by atoms with van der Waals surface area (Å²) in [6.07, 6.45) is 18.0. The number of hydrogen-bond donors (Lipinski definition) is 0. The number of benzene rings is 4. The van der Waals surface area contributed by atoms with Crippen molar-refractivity contribution in [3.8, 4) is 0 Å². The first-order chi connectivity index (χ1) is 24.5. The van der Waals surface area contributed by atoms with Gasteiger partial charge in [0.2, 0.25) is 0 Å². The molecule has 0 aliphatic rings. The van der Waals surface area contributed by atoms with Crippen molar-refractivity contribution in [2.24, 2.45) is 0 Å². The van der Waals surface area contributed by atoms with Gasteiger partial charge in [-0.3, -0.25) is 4.79 Å². The minimum absolute atomic E-state index is 0.0570. The zero-order chi connectivity index (χ0) is 36.8. The average Bonchev–Trinajstić information content (AvgIpc) is 3.13. The molecule has 0 radical (unpaired) electrons. The summed E-state index contributed by atoms with van der Waals surface area (Å²) in [5, 5.41) is 4.79. The minimum atomic E-state index is -2.79. The van der Waals surface area contributed by atoms with E-state index in [0.717, 1.165) is 12.7 Å². The number of rotatable bonds is 16. The van der Waals surface area contributed by atoms with Gasteiger partial charge in [0, 0.05) is 0 Å². The minimum Gasteiger partial charge on any atom is -0.401 e. The van der Waals surface area contributed by atoms with Crippen LogP contribution in [0.25, 0.3) is 0 Å². The van der Waals surface area contributed by atoms with E-state index in [-0.39, 0.29) is 22.3 Å². The molecule has 0 aliphatic heterocycles. The second-order valence-electron chi connectivity index (χ2n) is 15.0. The van der Waals surface area contributed by atoms with Crippen molar-refractivity contribution in [3.05, 3.63) is 170 Å². The van der Waals surface area contributed by atoms with Gasteiger partial charge in [-0.05, 0) is 49.7 Å². The van der Waals surface area contributed by atoms with Crippen LogP contribution < -0.4 is 20.7 Å². The molecule has 0 aromatic heterocycles. The monoisotopic (exact) mass is 712 g/mol. The first-order valence-electron chi connectivity index (χ1n) is 18.2. The summed E-state index contributed by atoms with van der Waals surface area (Å²) in [7, 11) is -5.48. The van der Waals surface area contributed by atoms with Gasteiger partial charge in [0.1, 0.15) is 6.29 Å². The lowest BCUT2D eigenvalue weighted by atomic mass is 10.2. The highest BCUT2D eigenvalue weighted by Gasteiger charge is 2.52. The van der Waals surface area contributed by atoms with Gasteiger partial charge in [0.05, 0.1) is 12.2 Å². The third kappa shape index (κ3) is 9.60. The third-order valence-electron chi connectivity index (χ3n) is 9.46. The van der Waals surface area contributed by atoms with Crippen molar-refractivity contribution < 1.29 is 13.6 Å². The molecular weight excluding hydrogens is 657 g/mol. The van der Waals surface area contributed by atoms with Crippen LogP contribution in [-0.4, -0.2) is 35.1 Å². The van der Waals surface area contributed by atoms with E-state index >= 15 is 0 Å². The molecule has 4 aromatic rings. The van der Waals surface area contributed by atoms with E-state index in [4.69, 9.17) is 8.85 Å². The highest BCUT2D eigenvalue weighted by Crippen LogP contribution is 2.39. The summed E-state index contributed by atoms with van der Waals surface area (Å²) in [6.45, 7) is 16.0. The molecule has 4 rings (SSSR count). The Hall–Kier alpha value is -4.14. The number of aldehydes is 1. The fourth-order valence-corrected chi connectivity index (χ4v) is 16.4. The molecule has 266 valence electrons. The summed E-state index contributed by atoms with van der Waals surface area (Å²) >= 11 is 0. The highest BCUT2D eigenvalue weighted by molar-refractivity contribution is 7.00. The molecular formula is C46H56O3Si2. The van der Waals surface area contributed by atoms with E-state index in [1.54, 1.807) is 6.08 Å². The quantitative estimate of drug-likeness (QED) is 0.0504. The molecule has 0 spiro atoms. The normalized spacial score (nSPS) is 14.5. The van der Waals surface area contributed by atoms with Gasteiger partial charge < -0.3 is 8.85 Å². The van der Waals surface area contributed by atoms with Crippen LogP contribution >= 0.6 is 0 Å². The van der Waals surface area contributed by atoms with Crippen LogP contribution in [0.1, 0.15) is 61.3 Å². The van der Waals surface area contributed by atoms with E-state index in [1.807, 2.05) is 6.08 Å². The largest absolute Gasteiger partial charge is 0.401 e. The zero-order valence-corrected chi connectivity index (χ0v) is 33.5. The second kappa shape index (κ2) is 18.4. The Morgan fingerprint density at radius 2 is 0.863 bits per heavy atom. The lowest BCUT2D eigenvalue weighted by Crippen LogP contribution is -2.67. The van der Waals surface area contributed by atoms with Gasteiger partial charge in [-0.15, -0.1) is 0 Å². The number of carbonyl (C=O) groups is 1. The van der Waals surface area contributed by atoms with Crippen LogP contribution in [0.2, 0.25) is 10.1 Å². The van der Waals surface area contributed by atoms with Gasteiger partial charge in [-0.1, -0.05) is 212 Å². The SMILES string of the molecule is CC[C@H](/C=C/C=C\C[C@H](/C=C/C=C/C=O)O[Si](c1ccccc1)(c1ccccc1)C(C)(C)C)O[Si](c1ccccc1)(c1ccccc1)C(C)(C)C. The third-order valence-corrected chi connectivity index (χ3v) is 19.6. The fraction of sp³-hybridized carbons (Fsp3) is 0.283. The highest BCUT2D eigenvalue weighted by atomic mass is 28.4. The van der Waals surface area contributed by atoms with Gasteiger partial charge in [-0.2, -0.15) is 0 Å². The summed E-state index contributed by atoms with van der Waals surface area (Å²) < 4.78 is 14.8. The molecule has 0 aliphatic carbocycles. The molecule has 0 unspecified atom stereocenters. The standard InChI is InChI=1S/C46H56O3Si2/c1-8-39(48-50(45(2,3)4,41-30-18-10-19-31-41)42-32-20-11-21-33-42)27-15-9-16-28-40(29-17-14-26-38-47)49-51(46(5,6)7,43-34-22-12-23-35-43)44-36-24-13-25-37-44/h9-27,29-40H,8,28H2,1-7H3/b16-9-,26-14+,27-15+,29-17+/t39-,40-/m1/s1. The molecule has 0 amide bonds. The van der Waals surface area contributed by atoms with Gasteiger partial charge >= 0.3 is 0 Å². The Balaban J connectivity index is 1.66. The predicted molar refractivity (Wildman–Crippen MR) is 223 cm³/mol. The maximum atomic E-state index is 11.0. The smallest absolute Gasteiger partial charge is 0.261 e. The molecule has 3 nitrogen and oxygen atoms in total. The van der Waals surface area contributed by atoms with Crippen LogP contribution in [0.15, 0.2) is 170 Å². The first kappa shape index (κ1) is 39.6. The molecule has 0 heterocycles. The number of carbonyl (C=O) groups excluding carboxylic acids is 1. The Morgan fingerprint density at radius 3 is 1.22 bits per heavy atom. The van der Waals surface area contributed by atoms with E-state index in [9.17, 15) is 4.79 Å². The zero-order valence-electron chi connectivity index (χ0n) is 31.5. The summed E-state index contributed by atoms with van der Waals surface area (Å²) in [5.74, 6) is 0. The van der Waals surface area contributed by atoms with Crippen LogP contribution in [0, 0.1) is 0 Å². The summed E-state index contributed by atoms with van der Waals surface area (Å²) in [6, 6.07) is 43.1. The van der Waals surface area contributed by atoms with Crippen molar-refractivity contribution >= 4 is 43.7 Å². The second-order valence-corrected chi connectivity index (χ2v) is 23.5. The van der Waals surface area contributed by atoms with Crippen molar-refractivity contribution in [2.45, 2.75) is 83.6 Å². The Morgan fingerprint density at radius 1 is 0.510 bits per heavy atom. The maximum absolute atomic E-state index is 11.0. The fourth-order valence-electron chi connectivity index (χ4n) is 7.04. The lowest BCUT2D eigenvalue weighted by Gasteiger charge is -2.44. The molecule has 0 N–H and O–H groups in total. The molecule has 0 saturated heterocycles. The molecule has 0 fully saturated rings. The van der Waals surface area contributed by atoms with Crippen LogP contribution in [-0.2, 0) is 13.6 Å². The van der Waals surface area contributed by atoms with Crippen LogP contribution in [0.3, 0.4) is 0 Å². The Bertz CT molecular complexity index is 1650. The molecule has 0 bridgehead atoms. The van der Waals surface area contributed by atoms with Crippen molar-refractivity contribution in [3.63, 3.8) is 0 Å². The Kier molecular flexibility index (Phi) is 14.3. The molecule has 0 saturated carbocycles. The van der Waals surface area contributed by atoms with Crippen LogP contribution in [0.4, 0.5) is 0 Å². The van der Waals surface area contributed by atoms with Gasteiger partial charge in [0.25, 0.3) is 16.6 Å². The molecule has 2 atom stereocenters. The lowest BCUT2D eigenvalue weighted by molar-refractivity contribution is -0.104. The Labute approximate surface area is 309 Å². The van der Waals surface area contributed by atoms with Crippen molar-refractivity contribution in [1.29, 1.82) is 0 Å². The maximum Gasteiger partial charge on any atom is 0.261 e. The molecule has 5 heteroatoms. The van der Waals surface area contributed by atoms with E-state index in [2.05, 4.69) is 200 Å². The number of allylic oxidation sites excluding steroid dienone is 5. The first-order valence-corrected chi connectivity index (χ1v) is 22.0. The summed E-state index contributed by atoms with van der Waals surface area (Å²) in [5.41, 5.74) is 0. The molecule has 51 heavy (non-hydrogen) atoms. The van der Waals surface area contributed by atoms with E-state index in [1.165, 1.54) is 26.8 Å². The predicted octanol–water partition coefficient (Wildman–Crippen LogP) is 9.10. The van der Waals surface area contributed by atoms with E-state index < -0.39 is 16.6 Å². The van der Waals surface area contributed by atoms with Gasteiger partial charge in [-0.25, -0.2) is 0 Å². The van der Waals surface area contributed by atoms with Crippen LogP contribution in [0.5, 0.6) is 0 Å². The number of hydrogen-bond acceptors (Lipinski definition) is 3. The summed E-state index contributed by atoms with van der Waals surface area (Å²) in [4.78, 5) is 11.0. The molecule has 4 aromatic carbocycles. The average molecular weight is 713 g/mol. The topological polar surface area (TPSA) is 35.5 Å². The van der Waals surface area contributed by atoms with Crippen molar-refractivity contribution in [1.82, 2.24) is 0 Å². The van der Waals surface area contributed by atoms with Gasteiger partial charge in [0.15, 0.2) is 0 Å². The van der Waals surface area contributed by atoms with Crippen molar-refractivity contribution in [2.75, 3.05) is 0 Å².